The number of phenols is 1. The van der Waals surface area contributed by atoms with E-state index in [0.717, 1.165) is 11.1 Å². The number of ether oxygens (including phenoxy) is 1. The van der Waals surface area contributed by atoms with Gasteiger partial charge in [0, 0.05) is 5.56 Å². The number of aryl methyl sites for hydroxylation is 2. The quantitative estimate of drug-likeness (QED) is 0.659. The van der Waals surface area contributed by atoms with Gasteiger partial charge in [-0.2, -0.15) is 5.10 Å². The molecule has 2 aromatic carbocycles. The molecule has 2 aromatic rings. The average molecular weight is 312 g/mol. The highest BCUT2D eigenvalue weighted by Gasteiger charge is 2.14. The molecule has 0 aromatic heterocycles. The van der Waals surface area contributed by atoms with Gasteiger partial charge in [0.25, 0.3) is 5.91 Å². The number of aromatic hydroxyl groups is 1. The molecule has 1 amide bonds. The standard InChI is InChI=1S/C18H20N2O3/c1-12-8-13(2)10-16(9-12)23-14(3)18(22)20-19-11-15-6-4-5-7-17(15)21/h4-11,14,21H,1-3H3,(H,20,22)/b19-11+/t14-/m0/s1. The minimum Gasteiger partial charge on any atom is -0.507 e. The minimum atomic E-state index is -0.683. The SMILES string of the molecule is Cc1cc(C)cc(O[C@@H](C)C(=O)N/N=C/c2ccccc2O)c1. The van der Waals surface area contributed by atoms with Crippen LogP contribution in [0.4, 0.5) is 0 Å². The lowest BCUT2D eigenvalue weighted by Crippen LogP contribution is -2.33. The zero-order valence-corrected chi connectivity index (χ0v) is 13.4. The van der Waals surface area contributed by atoms with Crippen LogP contribution in [-0.4, -0.2) is 23.3 Å². The van der Waals surface area contributed by atoms with Crippen LogP contribution in [0.5, 0.6) is 11.5 Å². The summed E-state index contributed by atoms with van der Waals surface area (Å²) < 4.78 is 5.63. The van der Waals surface area contributed by atoms with E-state index in [1.165, 1.54) is 6.21 Å². The number of carbonyl (C=O) groups is 1. The zero-order chi connectivity index (χ0) is 16.8. The van der Waals surface area contributed by atoms with E-state index >= 15 is 0 Å². The fourth-order valence-corrected chi connectivity index (χ4v) is 2.11. The van der Waals surface area contributed by atoms with Crippen molar-refractivity contribution >= 4 is 12.1 Å². The van der Waals surface area contributed by atoms with E-state index in [1.807, 2.05) is 32.0 Å². The molecule has 0 radical (unpaired) electrons. The maximum Gasteiger partial charge on any atom is 0.280 e. The predicted octanol–water partition coefficient (Wildman–Crippen LogP) is 2.93. The van der Waals surface area contributed by atoms with Gasteiger partial charge in [-0.1, -0.05) is 18.2 Å². The molecule has 0 heterocycles. The monoisotopic (exact) mass is 312 g/mol. The van der Waals surface area contributed by atoms with E-state index in [-0.39, 0.29) is 11.7 Å². The number of hydrazone groups is 1. The molecule has 2 rings (SSSR count). The first-order valence-corrected chi connectivity index (χ1v) is 7.31. The topological polar surface area (TPSA) is 70.9 Å². The van der Waals surface area contributed by atoms with Crippen molar-refractivity contribution in [1.29, 1.82) is 0 Å². The van der Waals surface area contributed by atoms with E-state index in [9.17, 15) is 9.90 Å². The van der Waals surface area contributed by atoms with Crippen LogP contribution in [0.25, 0.3) is 0 Å². The highest BCUT2D eigenvalue weighted by atomic mass is 16.5. The summed E-state index contributed by atoms with van der Waals surface area (Å²) >= 11 is 0. The fourth-order valence-electron chi connectivity index (χ4n) is 2.11. The zero-order valence-electron chi connectivity index (χ0n) is 13.4. The molecule has 0 aliphatic carbocycles. The van der Waals surface area contributed by atoms with Crippen LogP contribution in [0.2, 0.25) is 0 Å². The van der Waals surface area contributed by atoms with Crippen LogP contribution in [0.15, 0.2) is 47.6 Å². The highest BCUT2D eigenvalue weighted by molar-refractivity contribution is 5.86. The number of rotatable bonds is 5. The molecule has 0 aliphatic rings. The number of amides is 1. The molecule has 5 nitrogen and oxygen atoms in total. The van der Waals surface area contributed by atoms with Crippen LogP contribution >= 0.6 is 0 Å². The summed E-state index contributed by atoms with van der Waals surface area (Å²) in [5.74, 6) is 0.385. The third-order valence-electron chi connectivity index (χ3n) is 3.19. The smallest absolute Gasteiger partial charge is 0.280 e. The van der Waals surface area contributed by atoms with Gasteiger partial charge in [0.15, 0.2) is 6.10 Å². The molecular weight excluding hydrogens is 292 g/mol. The molecule has 0 fully saturated rings. The number of nitrogens with zero attached hydrogens (tertiary/aromatic N) is 1. The Balaban J connectivity index is 1.93. The van der Waals surface area contributed by atoms with Gasteiger partial charge in [0.1, 0.15) is 11.5 Å². The molecule has 5 heteroatoms. The van der Waals surface area contributed by atoms with Crippen molar-refractivity contribution in [1.82, 2.24) is 5.43 Å². The summed E-state index contributed by atoms with van der Waals surface area (Å²) in [5, 5.41) is 13.4. The fraction of sp³-hybridized carbons (Fsp3) is 0.222. The van der Waals surface area contributed by atoms with E-state index in [1.54, 1.807) is 31.2 Å². The Bertz CT molecular complexity index is 706. The summed E-state index contributed by atoms with van der Waals surface area (Å²) in [6.45, 7) is 5.60. The van der Waals surface area contributed by atoms with Gasteiger partial charge in [-0.25, -0.2) is 5.43 Å². The third kappa shape index (κ3) is 4.85. The van der Waals surface area contributed by atoms with Gasteiger partial charge in [0.2, 0.25) is 0 Å². The van der Waals surface area contributed by atoms with Gasteiger partial charge in [-0.05, 0) is 56.2 Å². The summed E-state index contributed by atoms with van der Waals surface area (Å²) in [7, 11) is 0. The Morgan fingerprint density at radius 1 is 1.22 bits per heavy atom. The summed E-state index contributed by atoms with van der Waals surface area (Å²) in [4.78, 5) is 12.0. The first-order chi connectivity index (χ1) is 11.0. The Labute approximate surface area is 135 Å². The number of phenolic OH excluding ortho intramolecular Hbond substituents is 1. The molecule has 0 spiro atoms. The Morgan fingerprint density at radius 2 is 1.87 bits per heavy atom. The lowest BCUT2D eigenvalue weighted by atomic mass is 10.1. The molecular formula is C18H20N2O3. The number of hydrogen-bond donors (Lipinski definition) is 2. The maximum absolute atomic E-state index is 12.0. The van der Waals surface area contributed by atoms with Crippen LogP contribution in [0.1, 0.15) is 23.6 Å². The molecule has 120 valence electrons. The molecule has 0 bridgehead atoms. The van der Waals surface area contributed by atoms with Crippen LogP contribution in [0.3, 0.4) is 0 Å². The van der Waals surface area contributed by atoms with Crippen molar-refractivity contribution in [2.45, 2.75) is 26.9 Å². The Hall–Kier alpha value is -2.82. The van der Waals surface area contributed by atoms with Gasteiger partial charge in [-0.3, -0.25) is 4.79 Å². The van der Waals surface area contributed by atoms with E-state index in [4.69, 9.17) is 4.74 Å². The number of hydrogen-bond acceptors (Lipinski definition) is 4. The molecule has 0 unspecified atom stereocenters. The summed E-state index contributed by atoms with van der Waals surface area (Å²) in [5.41, 5.74) is 5.07. The number of benzene rings is 2. The van der Waals surface area contributed by atoms with Crippen molar-refractivity contribution in [3.63, 3.8) is 0 Å². The van der Waals surface area contributed by atoms with Crippen LogP contribution in [-0.2, 0) is 4.79 Å². The van der Waals surface area contributed by atoms with Crippen LogP contribution in [0, 0.1) is 13.8 Å². The molecule has 23 heavy (non-hydrogen) atoms. The predicted molar refractivity (Wildman–Crippen MR) is 89.8 cm³/mol. The Kier molecular flexibility index (Phi) is 5.36. The Morgan fingerprint density at radius 3 is 2.52 bits per heavy atom. The third-order valence-corrected chi connectivity index (χ3v) is 3.19. The van der Waals surface area contributed by atoms with Gasteiger partial charge in [-0.15, -0.1) is 0 Å². The first-order valence-electron chi connectivity index (χ1n) is 7.31. The number of para-hydroxylation sites is 1. The van der Waals surface area contributed by atoms with Crippen molar-refractivity contribution in [2.75, 3.05) is 0 Å². The lowest BCUT2D eigenvalue weighted by molar-refractivity contribution is -0.127. The normalized spacial score (nSPS) is 12.1. The van der Waals surface area contributed by atoms with Crippen molar-refractivity contribution in [3.8, 4) is 11.5 Å². The lowest BCUT2D eigenvalue weighted by Gasteiger charge is -2.14. The summed E-state index contributed by atoms with van der Waals surface area (Å²) in [6, 6.07) is 12.5. The van der Waals surface area contributed by atoms with Gasteiger partial charge < -0.3 is 9.84 Å². The van der Waals surface area contributed by atoms with E-state index in [2.05, 4.69) is 10.5 Å². The second-order valence-electron chi connectivity index (χ2n) is 5.38. The van der Waals surface area contributed by atoms with Gasteiger partial charge >= 0.3 is 0 Å². The van der Waals surface area contributed by atoms with Crippen molar-refractivity contribution in [3.05, 3.63) is 59.2 Å². The van der Waals surface area contributed by atoms with E-state index < -0.39 is 6.10 Å². The number of carbonyl (C=O) groups excluding carboxylic acids is 1. The van der Waals surface area contributed by atoms with Crippen molar-refractivity contribution < 1.29 is 14.6 Å². The minimum absolute atomic E-state index is 0.102. The van der Waals surface area contributed by atoms with Crippen molar-refractivity contribution in [2.24, 2.45) is 5.10 Å². The molecule has 0 saturated carbocycles. The molecule has 0 aliphatic heterocycles. The van der Waals surface area contributed by atoms with Crippen LogP contribution < -0.4 is 10.2 Å². The summed E-state index contributed by atoms with van der Waals surface area (Å²) in [6.07, 6.45) is 0.703. The van der Waals surface area contributed by atoms with Gasteiger partial charge in [0.05, 0.1) is 6.21 Å². The average Bonchev–Trinajstić information content (AvgIpc) is 2.48. The maximum atomic E-state index is 12.0. The second kappa shape index (κ2) is 7.45. The second-order valence-corrected chi connectivity index (χ2v) is 5.38. The van der Waals surface area contributed by atoms with E-state index in [0.29, 0.717) is 11.3 Å². The first kappa shape index (κ1) is 16.5. The highest BCUT2D eigenvalue weighted by Crippen LogP contribution is 2.17. The number of nitrogens with one attached hydrogen (secondary N) is 1. The molecule has 2 N–H and O–H groups in total. The largest absolute Gasteiger partial charge is 0.507 e. The molecule has 0 saturated heterocycles. The molecule has 1 atom stereocenters.